The summed E-state index contributed by atoms with van der Waals surface area (Å²) >= 11 is 18.6. The zero-order valence-electron chi connectivity index (χ0n) is 10.6. The molecule has 1 N–H and O–H groups in total. The first kappa shape index (κ1) is 17.1. The molecule has 0 saturated heterocycles. The van der Waals surface area contributed by atoms with Crippen LogP contribution in [-0.2, 0) is 10.0 Å². The molecule has 21 heavy (non-hydrogen) atoms. The Morgan fingerprint density at radius 1 is 1.05 bits per heavy atom. The molecular weight excluding hydrogens is 465 g/mol. The third kappa shape index (κ3) is 3.93. The molecule has 0 fully saturated rings. The molecule has 112 valence electrons. The molecular formula is C13H9Br2Cl2NO2S. The van der Waals surface area contributed by atoms with Crippen molar-refractivity contribution < 1.29 is 8.42 Å². The molecule has 0 atom stereocenters. The SMILES string of the molecule is Cc1cc(NS(=O)(=O)c2c(Cl)cc(Br)cc2Cl)ccc1Br. The van der Waals surface area contributed by atoms with Gasteiger partial charge in [0.25, 0.3) is 10.0 Å². The number of hydrogen-bond donors (Lipinski definition) is 1. The number of benzene rings is 2. The fourth-order valence-corrected chi connectivity index (χ4v) is 4.94. The summed E-state index contributed by atoms with van der Waals surface area (Å²) in [6.45, 7) is 1.86. The first-order valence-corrected chi connectivity index (χ1v) is 9.47. The quantitative estimate of drug-likeness (QED) is 0.628. The second kappa shape index (κ2) is 6.46. The standard InChI is InChI=1S/C13H9Br2Cl2NO2S/c1-7-4-9(2-3-10(7)15)18-21(19,20)13-11(16)5-8(14)6-12(13)17/h2-6,18H,1H3. The van der Waals surface area contributed by atoms with Gasteiger partial charge in [-0.1, -0.05) is 55.1 Å². The molecule has 2 rings (SSSR count). The normalized spacial score (nSPS) is 11.5. The van der Waals surface area contributed by atoms with Crippen LogP contribution in [0.2, 0.25) is 10.0 Å². The molecule has 0 aliphatic rings. The van der Waals surface area contributed by atoms with Crippen molar-refractivity contribution in [2.24, 2.45) is 0 Å². The van der Waals surface area contributed by atoms with Gasteiger partial charge in [0.1, 0.15) is 4.90 Å². The summed E-state index contributed by atoms with van der Waals surface area (Å²) in [7, 11) is -3.87. The average molecular weight is 474 g/mol. The van der Waals surface area contributed by atoms with Crippen molar-refractivity contribution in [2.75, 3.05) is 4.72 Å². The van der Waals surface area contributed by atoms with Crippen molar-refractivity contribution in [1.29, 1.82) is 0 Å². The zero-order valence-corrected chi connectivity index (χ0v) is 16.1. The fourth-order valence-electron chi connectivity index (χ4n) is 1.70. The van der Waals surface area contributed by atoms with Gasteiger partial charge in [0, 0.05) is 14.6 Å². The molecule has 0 radical (unpaired) electrons. The number of halogens is 4. The van der Waals surface area contributed by atoms with Crippen LogP contribution in [0.3, 0.4) is 0 Å². The first-order chi connectivity index (χ1) is 9.70. The maximum Gasteiger partial charge on any atom is 0.264 e. The van der Waals surface area contributed by atoms with Gasteiger partial charge < -0.3 is 0 Å². The highest BCUT2D eigenvalue weighted by atomic mass is 79.9. The summed E-state index contributed by atoms with van der Waals surface area (Å²) in [5.41, 5.74) is 1.34. The van der Waals surface area contributed by atoms with E-state index in [2.05, 4.69) is 36.6 Å². The van der Waals surface area contributed by atoms with Gasteiger partial charge in [-0.05, 0) is 42.8 Å². The average Bonchev–Trinajstić information content (AvgIpc) is 2.31. The van der Waals surface area contributed by atoms with Crippen molar-refractivity contribution in [3.63, 3.8) is 0 Å². The Hall–Kier alpha value is -0.270. The molecule has 0 aliphatic carbocycles. The van der Waals surface area contributed by atoms with Gasteiger partial charge in [0.05, 0.1) is 10.0 Å². The first-order valence-electron chi connectivity index (χ1n) is 5.64. The third-order valence-corrected chi connectivity index (χ3v) is 6.29. The summed E-state index contributed by atoms with van der Waals surface area (Å²) in [5, 5.41) is 0.103. The van der Waals surface area contributed by atoms with E-state index in [9.17, 15) is 8.42 Å². The lowest BCUT2D eigenvalue weighted by Crippen LogP contribution is -2.14. The molecule has 0 saturated carbocycles. The van der Waals surface area contributed by atoms with Crippen LogP contribution >= 0.6 is 55.1 Å². The Balaban J connectivity index is 2.46. The lowest BCUT2D eigenvalue weighted by atomic mass is 10.2. The Bertz CT molecular complexity index is 787. The number of sulfonamides is 1. The van der Waals surface area contributed by atoms with E-state index >= 15 is 0 Å². The molecule has 0 aliphatic heterocycles. The van der Waals surface area contributed by atoms with Gasteiger partial charge in [0.15, 0.2) is 0 Å². The molecule has 3 nitrogen and oxygen atoms in total. The second-order valence-corrected chi connectivity index (χ2v) is 8.47. The van der Waals surface area contributed by atoms with Crippen LogP contribution in [0.5, 0.6) is 0 Å². The Labute approximate surface area is 150 Å². The smallest absolute Gasteiger partial charge is 0.264 e. The van der Waals surface area contributed by atoms with Crippen molar-refractivity contribution in [2.45, 2.75) is 11.8 Å². The molecule has 0 spiro atoms. The molecule has 8 heteroatoms. The van der Waals surface area contributed by atoms with Gasteiger partial charge in [-0.3, -0.25) is 4.72 Å². The highest BCUT2D eigenvalue weighted by Gasteiger charge is 2.22. The maximum absolute atomic E-state index is 12.4. The highest BCUT2D eigenvalue weighted by molar-refractivity contribution is 9.10. The van der Waals surface area contributed by atoms with Crippen molar-refractivity contribution in [3.05, 3.63) is 54.9 Å². The molecule has 2 aromatic carbocycles. The summed E-state index contributed by atoms with van der Waals surface area (Å²) in [4.78, 5) is -0.144. The minimum absolute atomic E-state index is 0.0516. The van der Waals surface area contributed by atoms with E-state index < -0.39 is 10.0 Å². The minimum Gasteiger partial charge on any atom is -0.280 e. The van der Waals surface area contributed by atoms with E-state index in [1.165, 1.54) is 12.1 Å². The van der Waals surface area contributed by atoms with Gasteiger partial charge in [0.2, 0.25) is 0 Å². The van der Waals surface area contributed by atoms with Gasteiger partial charge in [-0.15, -0.1) is 0 Å². The molecule has 0 bridgehead atoms. The van der Waals surface area contributed by atoms with E-state index in [0.717, 1.165) is 10.0 Å². The number of nitrogens with one attached hydrogen (secondary N) is 1. The van der Waals surface area contributed by atoms with Crippen LogP contribution in [0.1, 0.15) is 5.56 Å². The predicted molar refractivity (Wildman–Crippen MR) is 93.8 cm³/mol. The maximum atomic E-state index is 12.4. The summed E-state index contributed by atoms with van der Waals surface area (Å²) in [5.74, 6) is 0. The van der Waals surface area contributed by atoms with Crippen molar-refractivity contribution in [3.8, 4) is 0 Å². The largest absolute Gasteiger partial charge is 0.280 e. The lowest BCUT2D eigenvalue weighted by molar-refractivity contribution is 0.601. The van der Waals surface area contributed by atoms with E-state index in [-0.39, 0.29) is 14.9 Å². The molecule has 0 aromatic heterocycles. The van der Waals surface area contributed by atoms with E-state index in [4.69, 9.17) is 23.2 Å². The Morgan fingerprint density at radius 3 is 2.14 bits per heavy atom. The van der Waals surface area contributed by atoms with Gasteiger partial charge in [-0.25, -0.2) is 8.42 Å². The van der Waals surface area contributed by atoms with Crippen LogP contribution < -0.4 is 4.72 Å². The van der Waals surface area contributed by atoms with Crippen LogP contribution in [0.15, 0.2) is 44.2 Å². The summed E-state index contributed by atoms with van der Waals surface area (Å²) in [6, 6.07) is 8.08. The van der Waals surface area contributed by atoms with Crippen LogP contribution in [0, 0.1) is 6.92 Å². The molecule has 0 unspecified atom stereocenters. The van der Waals surface area contributed by atoms with Crippen molar-refractivity contribution in [1.82, 2.24) is 0 Å². The van der Waals surface area contributed by atoms with Crippen molar-refractivity contribution >= 4 is 70.8 Å². The van der Waals surface area contributed by atoms with E-state index in [0.29, 0.717) is 10.2 Å². The third-order valence-electron chi connectivity index (χ3n) is 2.64. The Kier molecular flexibility index (Phi) is 5.26. The molecule has 0 amide bonds. The highest BCUT2D eigenvalue weighted by Crippen LogP contribution is 2.34. The van der Waals surface area contributed by atoms with Crippen LogP contribution in [0.4, 0.5) is 5.69 Å². The minimum atomic E-state index is -3.87. The Morgan fingerprint density at radius 2 is 1.62 bits per heavy atom. The number of anilines is 1. The molecule has 2 aromatic rings. The number of hydrogen-bond acceptors (Lipinski definition) is 2. The van der Waals surface area contributed by atoms with Gasteiger partial charge in [-0.2, -0.15) is 0 Å². The second-order valence-electron chi connectivity index (χ2n) is 4.27. The zero-order chi connectivity index (χ0) is 15.8. The number of rotatable bonds is 3. The fraction of sp³-hybridized carbons (Fsp3) is 0.0769. The lowest BCUT2D eigenvalue weighted by Gasteiger charge is -2.12. The monoisotopic (exact) mass is 471 g/mol. The number of aryl methyl sites for hydroxylation is 1. The van der Waals surface area contributed by atoms with E-state index in [1.54, 1.807) is 18.2 Å². The summed E-state index contributed by atoms with van der Waals surface area (Å²) in [6.07, 6.45) is 0. The van der Waals surface area contributed by atoms with Gasteiger partial charge >= 0.3 is 0 Å². The predicted octanol–water partition coefficient (Wildman–Crippen LogP) is 5.63. The van der Waals surface area contributed by atoms with E-state index in [1.807, 2.05) is 6.92 Å². The van der Waals surface area contributed by atoms with Crippen LogP contribution in [-0.4, -0.2) is 8.42 Å². The molecule has 0 heterocycles. The topological polar surface area (TPSA) is 46.2 Å². The van der Waals surface area contributed by atoms with Crippen LogP contribution in [0.25, 0.3) is 0 Å². The summed E-state index contributed by atoms with van der Waals surface area (Å²) < 4.78 is 28.9.